The van der Waals surface area contributed by atoms with E-state index in [2.05, 4.69) is 10.5 Å². The van der Waals surface area contributed by atoms with E-state index in [-0.39, 0.29) is 12.5 Å². The zero-order valence-electron chi connectivity index (χ0n) is 18.6. The van der Waals surface area contributed by atoms with Gasteiger partial charge in [-0.15, -0.1) is 0 Å². The fraction of sp³-hybridized carbons (Fsp3) is 0.160. The van der Waals surface area contributed by atoms with Crippen LogP contribution in [0.1, 0.15) is 33.2 Å². The van der Waals surface area contributed by atoms with Crippen molar-refractivity contribution in [3.63, 3.8) is 0 Å². The normalized spacial score (nSPS) is 11.8. The molecule has 0 fully saturated rings. The first-order chi connectivity index (χ1) is 16.6. The van der Waals surface area contributed by atoms with E-state index >= 15 is 0 Å². The van der Waals surface area contributed by atoms with Gasteiger partial charge in [-0.1, -0.05) is 0 Å². The van der Waals surface area contributed by atoms with Crippen molar-refractivity contribution >= 4 is 18.1 Å². The molecule has 9 nitrogen and oxygen atoms in total. The quantitative estimate of drug-likeness (QED) is 0.235. The molecule has 174 valence electrons. The molecule has 9 heteroatoms. The van der Waals surface area contributed by atoms with Gasteiger partial charge in [-0.05, 0) is 73.2 Å². The lowest BCUT2D eigenvalue weighted by Crippen LogP contribution is -2.17. The maximum Gasteiger partial charge on any atom is 0.343 e. The first-order valence-electron chi connectivity index (χ1n) is 10.4. The van der Waals surface area contributed by atoms with Crippen LogP contribution < -0.4 is 29.1 Å². The number of nitrogens with one attached hydrogen (secondary N) is 1. The maximum atomic E-state index is 12.5. The second-order valence-electron chi connectivity index (χ2n) is 7.02. The third-order valence-electron chi connectivity index (χ3n) is 4.81. The lowest BCUT2D eigenvalue weighted by Gasteiger charge is -2.10. The molecule has 1 aliphatic heterocycles. The minimum atomic E-state index is -0.529. The molecule has 3 aromatic rings. The van der Waals surface area contributed by atoms with E-state index in [1.165, 1.54) is 13.3 Å². The topological polar surface area (TPSA) is 105 Å². The minimum absolute atomic E-state index is 0.131. The number of hydrazone groups is 1. The summed E-state index contributed by atoms with van der Waals surface area (Å²) in [5.41, 5.74) is 3.85. The van der Waals surface area contributed by atoms with Crippen molar-refractivity contribution in [1.82, 2.24) is 5.43 Å². The van der Waals surface area contributed by atoms with Crippen molar-refractivity contribution in [2.75, 3.05) is 20.5 Å². The Hall–Kier alpha value is -4.53. The van der Waals surface area contributed by atoms with Gasteiger partial charge >= 0.3 is 5.97 Å². The van der Waals surface area contributed by atoms with E-state index in [9.17, 15) is 9.59 Å². The number of rotatable bonds is 8. The van der Waals surface area contributed by atoms with Gasteiger partial charge in [0.2, 0.25) is 6.79 Å². The van der Waals surface area contributed by atoms with Crippen LogP contribution in [0.25, 0.3) is 0 Å². The van der Waals surface area contributed by atoms with Crippen molar-refractivity contribution in [3.05, 3.63) is 77.4 Å². The van der Waals surface area contributed by atoms with Crippen LogP contribution in [0.2, 0.25) is 0 Å². The lowest BCUT2D eigenvalue weighted by molar-refractivity contribution is 0.0729. The second-order valence-corrected chi connectivity index (χ2v) is 7.02. The predicted molar refractivity (Wildman–Crippen MR) is 123 cm³/mol. The molecule has 0 unspecified atom stereocenters. The summed E-state index contributed by atoms with van der Waals surface area (Å²) in [4.78, 5) is 24.8. The number of fused-ring (bicyclic) bond motifs is 1. The molecule has 0 radical (unpaired) electrons. The molecule has 1 amide bonds. The third-order valence-corrected chi connectivity index (χ3v) is 4.81. The minimum Gasteiger partial charge on any atom is -0.494 e. The molecule has 1 aliphatic rings. The van der Waals surface area contributed by atoms with E-state index in [1.54, 1.807) is 60.7 Å². The average Bonchev–Trinajstić information content (AvgIpc) is 3.33. The first-order valence-corrected chi connectivity index (χ1v) is 10.4. The van der Waals surface area contributed by atoms with Gasteiger partial charge in [-0.25, -0.2) is 10.2 Å². The molecule has 34 heavy (non-hydrogen) atoms. The molecule has 0 bridgehead atoms. The number of amides is 1. The van der Waals surface area contributed by atoms with Crippen LogP contribution in [0.5, 0.6) is 28.7 Å². The Morgan fingerprint density at radius 2 is 1.74 bits per heavy atom. The molecule has 0 spiro atoms. The molecule has 0 aromatic heterocycles. The predicted octanol–water partition coefficient (Wildman–Crippen LogP) is 3.81. The van der Waals surface area contributed by atoms with Crippen LogP contribution >= 0.6 is 0 Å². The highest BCUT2D eigenvalue weighted by molar-refractivity contribution is 5.95. The molecule has 3 aromatic carbocycles. The fourth-order valence-electron chi connectivity index (χ4n) is 3.13. The number of nitrogens with zero attached hydrogens (tertiary/aromatic N) is 1. The summed E-state index contributed by atoms with van der Waals surface area (Å²) < 4.78 is 26.7. The van der Waals surface area contributed by atoms with Crippen molar-refractivity contribution in [1.29, 1.82) is 0 Å². The fourth-order valence-corrected chi connectivity index (χ4v) is 3.13. The molecule has 0 saturated heterocycles. The summed E-state index contributed by atoms with van der Waals surface area (Å²) in [7, 11) is 1.46. The van der Waals surface area contributed by atoms with Gasteiger partial charge in [-0.2, -0.15) is 5.10 Å². The Kier molecular flexibility index (Phi) is 6.92. The summed E-state index contributed by atoms with van der Waals surface area (Å²) in [5, 5.41) is 3.98. The number of benzene rings is 3. The maximum absolute atomic E-state index is 12.5. The first kappa shape index (κ1) is 22.7. The van der Waals surface area contributed by atoms with E-state index in [1.807, 2.05) is 6.92 Å². The smallest absolute Gasteiger partial charge is 0.343 e. The second kappa shape index (κ2) is 10.4. The number of esters is 1. The summed E-state index contributed by atoms with van der Waals surface area (Å²) in [6.07, 6.45) is 1.45. The zero-order chi connectivity index (χ0) is 23.9. The van der Waals surface area contributed by atoms with Gasteiger partial charge in [0.25, 0.3) is 5.91 Å². The number of carbonyl (C=O) groups is 2. The Bertz CT molecular complexity index is 1220. The van der Waals surface area contributed by atoms with Crippen molar-refractivity contribution in [2.24, 2.45) is 5.10 Å². The highest BCUT2D eigenvalue weighted by atomic mass is 16.7. The van der Waals surface area contributed by atoms with Gasteiger partial charge in [0.1, 0.15) is 5.75 Å². The molecule has 4 rings (SSSR count). The molecular weight excluding hydrogens is 440 g/mol. The number of carbonyl (C=O) groups excluding carboxylic acids is 2. The Morgan fingerprint density at radius 1 is 0.971 bits per heavy atom. The standard InChI is InChI=1S/C25H22N2O7/c1-3-31-19-8-5-17(6-9-19)25(29)34-21-10-4-16(12-22(21)30-2)14-26-27-24(28)18-7-11-20-23(13-18)33-15-32-20/h4-14H,3,15H2,1-2H3,(H,27,28). The number of hydrogen-bond donors (Lipinski definition) is 1. The highest BCUT2D eigenvalue weighted by Gasteiger charge is 2.16. The number of hydrogen-bond acceptors (Lipinski definition) is 8. The molecule has 0 saturated carbocycles. The van der Waals surface area contributed by atoms with Gasteiger partial charge < -0.3 is 23.7 Å². The van der Waals surface area contributed by atoms with Crippen LogP contribution in [0.3, 0.4) is 0 Å². The summed E-state index contributed by atoms with van der Waals surface area (Å²) in [5.74, 6) is 1.44. The van der Waals surface area contributed by atoms with Gasteiger partial charge in [0.05, 0.1) is 25.5 Å². The molecule has 1 heterocycles. The van der Waals surface area contributed by atoms with E-state index in [0.29, 0.717) is 46.3 Å². The van der Waals surface area contributed by atoms with Crippen LogP contribution in [-0.2, 0) is 0 Å². The van der Waals surface area contributed by atoms with E-state index in [4.69, 9.17) is 23.7 Å². The Balaban J connectivity index is 1.38. The Labute approximate surface area is 195 Å². The molecule has 0 atom stereocenters. The average molecular weight is 462 g/mol. The summed E-state index contributed by atoms with van der Waals surface area (Å²) in [6, 6.07) is 16.4. The van der Waals surface area contributed by atoms with Crippen molar-refractivity contribution < 1.29 is 33.3 Å². The van der Waals surface area contributed by atoms with Crippen molar-refractivity contribution in [3.8, 4) is 28.7 Å². The van der Waals surface area contributed by atoms with Crippen LogP contribution in [0, 0.1) is 0 Å². The molecule has 1 N–H and O–H groups in total. The number of ether oxygens (including phenoxy) is 5. The lowest BCUT2D eigenvalue weighted by atomic mass is 10.2. The summed E-state index contributed by atoms with van der Waals surface area (Å²) >= 11 is 0. The van der Waals surface area contributed by atoms with E-state index in [0.717, 1.165) is 0 Å². The Morgan fingerprint density at radius 3 is 2.50 bits per heavy atom. The number of methoxy groups -OCH3 is 1. The van der Waals surface area contributed by atoms with Crippen molar-refractivity contribution in [2.45, 2.75) is 6.92 Å². The SMILES string of the molecule is CCOc1ccc(C(=O)Oc2ccc(C=NNC(=O)c3ccc4c(c3)OCO4)cc2OC)cc1. The van der Waals surface area contributed by atoms with E-state index < -0.39 is 11.9 Å². The largest absolute Gasteiger partial charge is 0.494 e. The van der Waals surface area contributed by atoms with Gasteiger partial charge in [0, 0.05) is 5.56 Å². The molecular formula is C25H22N2O7. The zero-order valence-corrected chi connectivity index (χ0v) is 18.6. The van der Waals surface area contributed by atoms with Crippen LogP contribution in [0.4, 0.5) is 0 Å². The monoisotopic (exact) mass is 462 g/mol. The van der Waals surface area contributed by atoms with Crippen LogP contribution in [-0.4, -0.2) is 38.6 Å². The summed E-state index contributed by atoms with van der Waals surface area (Å²) in [6.45, 7) is 2.56. The molecule has 0 aliphatic carbocycles. The third kappa shape index (κ3) is 5.26. The highest BCUT2D eigenvalue weighted by Crippen LogP contribution is 2.32. The van der Waals surface area contributed by atoms with Crippen LogP contribution in [0.15, 0.2) is 65.8 Å². The van der Waals surface area contributed by atoms with Gasteiger partial charge in [0.15, 0.2) is 23.0 Å². The van der Waals surface area contributed by atoms with Gasteiger partial charge in [-0.3, -0.25) is 4.79 Å².